The number of methoxy groups -OCH3 is 2. The second kappa shape index (κ2) is 7.84. The molecule has 0 saturated carbocycles. The molecular formula is C20H19BrN2O4. The van der Waals surface area contributed by atoms with Gasteiger partial charge >= 0.3 is 6.03 Å². The van der Waals surface area contributed by atoms with Crippen LogP contribution in [-0.4, -0.2) is 31.1 Å². The highest BCUT2D eigenvalue weighted by atomic mass is 79.9. The first-order valence-electron chi connectivity index (χ1n) is 8.24. The Morgan fingerprint density at radius 2 is 1.93 bits per heavy atom. The second-order valence-electron chi connectivity index (χ2n) is 6.10. The van der Waals surface area contributed by atoms with E-state index in [1.54, 1.807) is 18.2 Å². The molecule has 1 heterocycles. The quantitative estimate of drug-likeness (QED) is 0.577. The molecule has 0 bridgehead atoms. The molecule has 7 heteroatoms. The number of ether oxygens (including phenoxy) is 2. The van der Waals surface area contributed by atoms with Gasteiger partial charge in [0.05, 0.1) is 20.8 Å². The fourth-order valence-electron chi connectivity index (χ4n) is 2.93. The van der Waals surface area contributed by atoms with Crippen molar-refractivity contribution >= 4 is 33.9 Å². The number of hydrogen-bond acceptors (Lipinski definition) is 4. The zero-order valence-electron chi connectivity index (χ0n) is 15.2. The molecule has 140 valence electrons. The summed E-state index contributed by atoms with van der Waals surface area (Å²) < 4.78 is 11.5. The Morgan fingerprint density at radius 3 is 2.59 bits per heavy atom. The van der Waals surface area contributed by atoms with Crippen LogP contribution in [0.1, 0.15) is 16.7 Å². The van der Waals surface area contributed by atoms with E-state index >= 15 is 0 Å². The van der Waals surface area contributed by atoms with Crippen LogP contribution in [0.2, 0.25) is 0 Å². The summed E-state index contributed by atoms with van der Waals surface area (Å²) in [7, 11) is 3.06. The largest absolute Gasteiger partial charge is 0.493 e. The average Bonchev–Trinajstić information content (AvgIpc) is 2.88. The Balaban J connectivity index is 1.92. The minimum atomic E-state index is -0.450. The summed E-state index contributed by atoms with van der Waals surface area (Å²) in [5.41, 5.74) is 2.76. The molecule has 1 fully saturated rings. The number of imide groups is 1. The first kappa shape index (κ1) is 19.0. The number of carbonyl (C=O) groups is 2. The lowest BCUT2D eigenvalue weighted by Crippen LogP contribution is -2.30. The summed E-state index contributed by atoms with van der Waals surface area (Å²) in [4.78, 5) is 26.2. The summed E-state index contributed by atoms with van der Waals surface area (Å²) in [5.74, 6) is 0.613. The minimum absolute atomic E-state index is 0.186. The molecular weight excluding hydrogens is 412 g/mol. The Labute approximate surface area is 165 Å². The van der Waals surface area contributed by atoms with E-state index in [-0.39, 0.29) is 18.1 Å². The van der Waals surface area contributed by atoms with Crippen LogP contribution in [0.5, 0.6) is 11.5 Å². The Morgan fingerprint density at radius 1 is 1.15 bits per heavy atom. The SMILES string of the molecule is COc1cc(Br)cc(/C=C2/NC(=O)N(Cc3cccc(C)c3)C2=O)c1OC. The predicted octanol–water partition coefficient (Wildman–Crippen LogP) is 3.87. The van der Waals surface area contributed by atoms with Gasteiger partial charge in [-0.1, -0.05) is 45.8 Å². The number of urea groups is 1. The lowest BCUT2D eigenvalue weighted by molar-refractivity contribution is -0.123. The molecule has 1 aliphatic heterocycles. The fourth-order valence-corrected chi connectivity index (χ4v) is 3.38. The number of amides is 3. The third-order valence-corrected chi connectivity index (χ3v) is 4.62. The molecule has 0 radical (unpaired) electrons. The number of hydrogen-bond donors (Lipinski definition) is 1. The van der Waals surface area contributed by atoms with Crippen LogP contribution in [0.4, 0.5) is 4.79 Å². The van der Waals surface area contributed by atoms with Crippen LogP contribution in [-0.2, 0) is 11.3 Å². The molecule has 0 unspecified atom stereocenters. The summed E-state index contributed by atoms with van der Waals surface area (Å²) in [6.07, 6.45) is 1.59. The molecule has 0 spiro atoms. The van der Waals surface area contributed by atoms with Crippen molar-refractivity contribution in [3.05, 3.63) is 63.3 Å². The van der Waals surface area contributed by atoms with Gasteiger partial charge in [0.25, 0.3) is 5.91 Å². The molecule has 3 amide bonds. The van der Waals surface area contributed by atoms with Crippen molar-refractivity contribution in [2.75, 3.05) is 14.2 Å². The zero-order valence-corrected chi connectivity index (χ0v) is 16.8. The maximum absolute atomic E-state index is 12.7. The van der Waals surface area contributed by atoms with Gasteiger partial charge in [-0.15, -0.1) is 0 Å². The van der Waals surface area contributed by atoms with Crippen LogP contribution >= 0.6 is 15.9 Å². The van der Waals surface area contributed by atoms with Gasteiger partial charge in [-0.2, -0.15) is 0 Å². The van der Waals surface area contributed by atoms with E-state index in [0.29, 0.717) is 17.1 Å². The predicted molar refractivity (Wildman–Crippen MR) is 105 cm³/mol. The molecule has 0 atom stereocenters. The fraction of sp³-hybridized carbons (Fsp3) is 0.200. The first-order valence-corrected chi connectivity index (χ1v) is 9.04. The van der Waals surface area contributed by atoms with E-state index in [9.17, 15) is 9.59 Å². The maximum Gasteiger partial charge on any atom is 0.329 e. The van der Waals surface area contributed by atoms with Crippen molar-refractivity contribution in [3.8, 4) is 11.5 Å². The third kappa shape index (κ3) is 3.98. The highest BCUT2D eigenvalue weighted by Gasteiger charge is 2.33. The van der Waals surface area contributed by atoms with Crippen molar-refractivity contribution in [2.24, 2.45) is 0 Å². The molecule has 2 aromatic carbocycles. The lowest BCUT2D eigenvalue weighted by atomic mass is 10.1. The van der Waals surface area contributed by atoms with Gasteiger partial charge in [0.15, 0.2) is 11.5 Å². The highest BCUT2D eigenvalue weighted by Crippen LogP contribution is 2.36. The van der Waals surface area contributed by atoms with Crippen molar-refractivity contribution in [1.29, 1.82) is 0 Å². The van der Waals surface area contributed by atoms with E-state index < -0.39 is 6.03 Å². The molecule has 3 rings (SSSR count). The highest BCUT2D eigenvalue weighted by molar-refractivity contribution is 9.10. The average molecular weight is 431 g/mol. The van der Waals surface area contributed by atoms with Gasteiger partial charge in [-0.25, -0.2) is 4.79 Å². The number of nitrogens with zero attached hydrogens (tertiary/aromatic N) is 1. The molecule has 6 nitrogen and oxygen atoms in total. The molecule has 0 aliphatic carbocycles. The van der Waals surface area contributed by atoms with Crippen LogP contribution < -0.4 is 14.8 Å². The van der Waals surface area contributed by atoms with Crippen LogP contribution in [0, 0.1) is 6.92 Å². The van der Waals surface area contributed by atoms with E-state index in [1.165, 1.54) is 19.1 Å². The minimum Gasteiger partial charge on any atom is -0.493 e. The maximum atomic E-state index is 12.7. The standard InChI is InChI=1S/C20H19BrN2O4/c1-12-5-4-6-13(7-12)11-23-19(24)16(22-20(23)25)9-14-8-15(21)10-17(26-2)18(14)27-3/h4-10H,11H2,1-3H3,(H,22,25)/b16-9+. The van der Waals surface area contributed by atoms with E-state index in [0.717, 1.165) is 15.6 Å². The summed E-state index contributed by atoms with van der Waals surface area (Å²) in [6, 6.07) is 10.8. The zero-order chi connectivity index (χ0) is 19.6. The topological polar surface area (TPSA) is 67.9 Å². The first-order chi connectivity index (χ1) is 12.9. The number of rotatable bonds is 5. The molecule has 1 aliphatic rings. The Bertz CT molecular complexity index is 940. The van der Waals surface area contributed by atoms with Crippen LogP contribution in [0.15, 0.2) is 46.6 Å². The number of carbonyl (C=O) groups excluding carboxylic acids is 2. The molecule has 0 aromatic heterocycles. The number of nitrogens with one attached hydrogen (secondary N) is 1. The molecule has 1 saturated heterocycles. The lowest BCUT2D eigenvalue weighted by Gasteiger charge is -2.12. The van der Waals surface area contributed by atoms with Crippen molar-refractivity contribution in [2.45, 2.75) is 13.5 Å². The van der Waals surface area contributed by atoms with Gasteiger partial charge in [0, 0.05) is 10.0 Å². The number of benzene rings is 2. The third-order valence-electron chi connectivity index (χ3n) is 4.16. The van der Waals surface area contributed by atoms with Crippen molar-refractivity contribution < 1.29 is 19.1 Å². The second-order valence-corrected chi connectivity index (χ2v) is 7.01. The normalized spacial score (nSPS) is 15.3. The van der Waals surface area contributed by atoms with Crippen LogP contribution in [0.25, 0.3) is 6.08 Å². The Kier molecular flexibility index (Phi) is 5.51. The van der Waals surface area contributed by atoms with Gasteiger partial charge in [-0.3, -0.25) is 9.69 Å². The van der Waals surface area contributed by atoms with Crippen molar-refractivity contribution in [3.63, 3.8) is 0 Å². The summed E-state index contributed by atoms with van der Waals surface area (Å²) in [6.45, 7) is 2.18. The summed E-state index contributed by atoms with van der Waals surface area (Å²) >= 11 is 3.41. The number of halogens is 1. The monoisotopic (exact) mass is 430 g/mol. The molecule has 1 N–H and O–H groups in total. The Hall–Kier alpha value is -2.80. The molecule has 2 aromatic rings. The summed E-state index contributed by atoms with van der Waals surface area (Å²) in [5, 5.41) is 2.63. The van der Waals surface area contributed by atoms with Crippen molar-refractivity contribution in [1.82, 2.24) is 10.2 Å². The van der Waals surface area contributed by atoms with Gasteiger partial charge < -0.3 is 14.8 Å². The van der Waals surface area contributed by atoms with E-state index in [1.807, 2.05) is 31.2 Å². The van der Waals surface area contributed by atoms with Gasteiger partial charge in [0.1, 0.15) is 5.70 Å². The van der Waals surface area contributed by atoms with Gasteiger partial charge in [0.2, 0.25) is 0 Å². The smallest absolute Gasteiger partial charge is 0.329 e. The van der Waals surface area contributed by atoms with Crippen LogP contribution in [0.3, 0.4) is 0 Å². The van der Waals surface area contributed by atoms with E-state index in [4.69, 9.17) is 9.47 Å². The molecule has 27 heavy (non-hydrogen) atoms. The number of aryl methyl sites for hydroxylation is 1. The van der Waals surface area contributed by atoms with Gasteiger partial charge in [-0.05, 0) is 30.7 Å². The van der Waals surface area contributed by atoms with E-state index in [2.05, 4.69) is 21.2 Å².